The zero-order valence-electron chi connectivity index (χ0n) is 18.6. The van der Waals surface area contributed by atoms with Crippen LogP contribution >= 0.6 is 0 Å². The second kappa shape index (κ2) is 8.84. The third kappa shape index (κ3) is 4.26. The quantitative estimate of drug-likeness (QED) is 0.289. The third-order valence-electron chi connectivity index (χ3n) is 5.69. The molecule has 2 aromatic carbocycles. The van der Waals surface area contributed by atoms with Crippen molar-refractivity contribution in [2.45, 2.75) is 19.3 Å². The molecule has 1 atom stereocenters. The van der Waals surface area contributed by atoms with E-state index < -0.39 is 5.79 Å². The van der Waals surface area contributed by atoms with Gasteiger partial charge >= 0.3 is 0 Å². The van der Waals surface area contributed by atoms with Gasteiger partial charge in [-0.15, -0.1) is 0 Å². The summed E-state index contributed by atoms with van der Waals surface area (Å²) in [5.74, 6) is -1.40. The zero-order valence-corrected chi connectivity index (χ0v) is 18.6. The topological polar surface area (TPSA) is 111 Å². The third-order valence-corrected chi connectivity index (χ3v) is 5.69. The lowest BCUT2D eigenvalue weighted by molar-refractivity contribution is -0.117. The van der Waals surface area contributed by atoms with Crippen molar-refractivity contribution in [3.05, 3.63) is 102 Å². The molecule has 0 saturated carbocycles. The lowest BCUT2D eigenvalue weighted by atomic mass is 10.1. The van der Waals surface area contributed by atoms with E-state index in [1.165, 1.54) is 6.92 Å². The van der Waals surface area contributed by atoms with E-state index in [2.05, 4.69) is 31.2 Å². The van der Waals surface area contributed by atoms with Gasteiger partial charge in [0.2, 0.25) is 5.91 Å². The SMILES string of the molecule is CC(=O)Nc1ccc(C2(NCc3ccccc3)NC(=O)/C(=C\c3c[nH]c4ncccc34)N2)cc1. The van der Waals surface area contributed by atoms with Crippen LogP contribution in [0.1, 0.15) is 23.6 Å². The Kier molecular flexibility index (Phi) is 5.57. The van der Waals surface area contributed by atoms with Crippen LogP contribution in [0, 0.1) is 0 Å². The number of nitrogens with zero attached hydrogens (tertiary/aromatic N) is 1. The molecular weight excluding hydrogens is 428 g/mol. The molecule has 0 spiro atoms. The zero-order chi connectivity index (χ0) is 23.5. The molecule has 8 heteroatoms. The Labute approximate surface area is 196 Å². The van der Waals surface area contributed by atoms with E-state index in [1.807, 2.05) is 79.0 Å². The van der Waals surface area contributed by atoms with Crippen LogP contribution in [0.25, 0.3) is 17.1 Å². The first-order chi connectivity index (χ1) is 16.5. The fraction of sp³-hybridized carbons (Fsp3) is 0.115. The second-order valence-electron chi connectivity index (χ2n) is 8.13. The van der Waals surface area contributed by atoms with Crippen molar-refractivity contribution < 1.29 is 9.59 Å². The van der Waals surface area contributed by atoms with Gasteiger partial charge in [-0.3, -0.25) is 14.9 Å². The number of benzene rings is 2. The molecule has 5 rings (SSSR count). The summed E-state index contributed by atoms with van der Waals surface area (Å²) in [5.41, 5.74) is 4.61. The van der Waals surface area contributed by atoms with Crippen LogP contribution in [0.4, 0.5) is 5.69 Å². The Morgan fingerprint density at radius 1 is 1.03 bits per heavy atom. The molecule has 0 radical (unpaired) electrons. The maximum atomic E-state index is 13.1. The molecule has 1 fully saturated rings. The number of nitrogens with one attached hydrogen (secondary N) is 5. The molecule has 3 heterocycles. The van der Waals surface area contributed by atoms with Crippen molar-refractivity contribution in [1.82, 2.24) is 25.9 Å². The molecule has 170 valence electrons. The maximum Gasteiger partial charge on any atom is 0.270 e. The number of hydrogen-bond acceptors (Lipinski definition) is 5. The van der Waals surface area contributed by atoms with Gasteiger partial charge in [-0.2, -0.15) is 0 Å². The van der Waals surface area contributed by atoms with Gasteiger partial charge in [-0.1, -0.05) is 42.5 Å². The van der Waals surface area contributed by atoms with Crippen LogP contribution in [-0.2, 0) is 21.9 Å². The molecule has 34 heavy (non-hydrogen) atoms. The second-order valence-corrected chi connectivity index (χ2v) is 8.13. The van der Waals surface area contributed by atoms with Gasteiger partial charge in [0.15, 0.2) is 5.79 Å². The van der Waals surface area contributed by atoms with Crippen molar-refractivity contribution in [1.29, 1.82) is 0 Å². The highest BCUT2D eigenvalue weighted by molar-refractivity contribution is 6.02. The molecule has 1 saturated heterocycles. The van der Waals surface area contributed by atoms with Crippen LogP contribution in [0.5, 0.6) is 0 Å². The highest BCUT2D eigenvalue weighted by atomic mass is 16.2. The molecule has 2 aromatic heterocycles. The first-order valence-electron chi connectivity index (χ1n) is 10.9. The summed E-state index contributed by atoms with van der Waals surface area (Å²) in [7, 11) is 0. The molecule has 0 bridgehead atoms. The summed E-state index contributed by atoms with van der Waals surface area (Å²) in [6.45, 7) is 1.98. The Morgan fingerprint density at radius 2 is 1.82 bits per heavy atom. The van der Waals surface area contributed by atoms with Crippen LogP contribution in [0.15, 0.2) is 84.8 Å². The van der Waals surface area contributed by atoms with E-state index in [0.717, 1.165) is 27.7 Å². The first kappa shape index (κ1) is 21.4. The minimum Gasteiger partial charge on any atom is -0.346 e. The van der Waals surface area contributed by atoms with E-state index in [0.29, 0.717) is 17.9 Å². The molecule has 0 aliphatic carbocycles. The summed E-state index contributed by atoms with van der Waals surface area (Å²) in [6.07, 6.45) is 5.37. The number of hydrogen-bond donors (Lipinski definition) is 5. The maximum absolute atomic E-state index is 13.1. The number of fused-ring (bicyclic) bond motifs is 1. The molecule has 4 aromatic rings. The lowest BCUT2D eigenvalue weighted by Crippen LogP contribution is -2.57. The number of H-pyrrole nitrogens is 1. The van der Waals surface area contributed by atoms with E-state index >= 15 is 0 Å². The minimum atomic E-state index is -1.03. The Hall–Kier alpha value is -4.43. The summed E-state index contributed by atoms with van der Waals surface area (Å²) >= 11 is 0. The summed E-state index contributed by atoms with van der Waals surface area (Å²) in [5, 5.41) is 13.6. The van der Waals surface area contributed by atoms with E-state index in [1.54, 1.807) is 6.20 Å². The number of rotatable bonds is 6. The van der Waals surface area contributed by atoms with Gasteiger partial charge in [0, 0.05) is 48.1 Å². The summed E-state index contributed by atoms with van der Waals surface area (Å²) in [6, 6.07) is 21.1. The van der Waals surface area contributed by atoms with Gasteiger partial charge in [0.05, 0.1) is 0 Å². The normalized spacial score (nSPS) is 18.6. The number of aromatic nitrogens is 2. The van der Waals surface area contributed by atoms with Crippen molar-refractivity contribution in [3.8, 4) is 0 Å². The fourth-order valence-corrected chi connectivity index (χ4v) is 4.05. The Balaban J connectivity index is 1.49. The summed E-state index contributed by atoms with van der Waals surface area (Å²) < 4.78 is 0. The molecule has 8 nitrogen and oxygen atoms in total. The molecule has 5 N–H and O–H groups in total. The number of pyridine rings is 1. The van der Waals surface area contributed by atoms with Gasteiger partial charge in [0.1, 0.15) is 11.3 Å². The predicted octanol–water partition coefficient (Wildman–Crippen LogP) is 3.18. The molecular formula is C26H24N6O2. The van der Waals surface area contributed by atoms with Gasteiger partial charge in [0.25, 0.3) is 5.91 Å². The van der Waals surface area contributed by atoms with Crippen molar-refractivity contribution in [2.24, 2.45) is 0 Å². The van der Waals surface area contributed by atoms with Crippen LogP contribution in [0.2, 0.25) is 0 Å². The summed E-state index contributed by atoms with van der Waals surface area (Å²) in [4.78, 5) is 31.9. The Bertz CT molecular complexity index is 1380. The Morgan fingerprint density at radius 3 is 2.59 bits per heavy atom. The standard InChI is InChI=1S/C26H24N6O2/c1-17(33)30-21-11-9-20(10-12-21)26(29-15-18-6-3-2-4-7-18)31-23(25(34)32-26)14-19-16-28-24-22(19)8-5-13-27-24/h2-14,16,29,31H,15H2,1H3,(H,27,28)(H,30,33)(H,32,34)/b23-14+. The first-order valence-corrected chi connectivity index (χ1v) is 10.9. The fourth-order valence-electron chi connectivity index (χ4n) is 4.05. The lowest BCUT2D eigenvalue weighted by Gasteiger charge is -2.31. The smallest absolute Gasteiger partial charge is 0.270 e. The van der Waals surface area contributed by atoms with Crippen LogP contribution < -0.4 is 21.3 Å². The monoisotopic (exact) mass is 452 g/mol. The van der Waals surface area contributed by atoms with E-state index in [4.69, 9.17) is 0 Å². The average molecular weight is 453 g/mol. The molecule has 2 amide bonds. The molecule has 1 unspecified atom stereocenters. The van der Waals surface area contributed by atoms with Gasteiger partial charge in [-0.25, -0.2) is 4.98 Å². The highest BCUT2D eigenvalue weighted by Crippen LogP contribution is 2.27. The van der Waals surface area contributed by atoms with Crippen molar-refractivity contribution in [2.75, 3.05) is 5.32 Å². The number of aromatic amines is 1. The minimum absolute atomic E-state index is 0.143. The predicted molar refractivity (Wildman–Crippen MR) is 131 cm³/mol. The van der Waals surface area contributed by atoms with Crippen LogP contribution in [-0.4, -0.2) is 21.8 Å². The van der Waals surface area contributed by atoms with Crippen molar-refractivity contribution >= 4 is 34.6 Å². The number of amides is 2. The largest absolute Gasteiger partial charge is 0.346 e. The van der Waals surface area contributed by atoms with Gasteiger partial charge < -0.3 is 20.9 Å². The van der Waals surface area contributed by atoms with Gasteiger partial charge in [-0.05, 0) is 35.9 Å². The van der Waals surface area contributed by atoms with Crippen LogP contribution in [0.3, 0.4) is 0 Å². The highest BCUT2D eigenvalue weighted by Gasteiger charge is 2.41. The number of carbonyl (C=O) groups excluding carboxylic acids is 2. The van der Waals surface area contributed by atoms with E-state index in [-0.39, 0.29) is 11.8 Å². The average Bonchev–Trinajstić information content (AvgIpc) is 3.40. The number of anilines is 1. The molecule has 1 aliphatic rings. The van der Waals surface area contributed by atoms with Crippen molar-refractivity contribution in [3.63, 3.8) is 0 Å². The molecule has 1 aliphatic heterocycles. The number of carbonyl (C=O) groups is 2. The van der Waals surface area contributed by atoms with E-state index in [9.17, 15) is 9.59 Å².